The minimum absolute atomic E-state index is 0.277. The van der Waals surface area contributed by atoms with Crippen LogP contribution in [0.4, 0.5) is 0 Å². The molecule has 1 saturated carbocycles. The summed E-state index contributed by atoms with van der Waals surface area (Å²) in [4.78, 5) is 2.50. The van der Waals surface area contributed by atoms with Crippen LogP contribution in [0, 0.1) is 13.8 Å². The predicted octanol–water partition coefficient (Wildman–Crippen LogP) is 4.22. The normalized spacial score (nSPS) is 20.6. The van der Waals surface area contributed by atoms with E-state index in [4.69, 9.17) is 20.8 Å². The maximum Gasteiger partial charge on any atom is 0.230 e. The van der Waals surface area contributed by atoms with E-state index >= 15 is 0 Å². The average Bonchev–Trinajstić information content (AvgIpc) is 3.32. The van der Waals surface area contributed by atoms with Crippen molar-refractivity contribution in [3.63, 3.8) is 0 Å². The van der Waals surface area contributed by atoms with Gasteiger partial charge in [0, 0.05) is 24.6 Å². The Labute approximate surface area is 147 Å². The maximum absolute atomic E-state index is 6.46. The van der Waals surface area contributed by atoms with Crippen molar-refractivity contribution < 1.29 is 9.15 Å². The Hall–Kier alpha value is -1.59. The van der Waals surface area contributed by atoms with Crippen molar-refractivity contribution in [3.8, 4) is 5.75 Å². The third-order valence-electron chi connectivity index (χ3n) is 4.75. The van der Waals surface area contributed by atoms with Crippen molar-refractivity contribution >= 4 is 11.6 Å². The van der Waals surface area contributed by atoms with Gasteiger partial charge in [-0.2, -0.15) is 0 Å². The van der Waals surface area contributed by atoms with Gasteiger partial charge < -0.3 is 9.15 Å². The minimum Gasteiger partial charge on any atom is -0.492 e. The van der Waals surface area contributed by atoms with Gasteiger partial charge in [0.25, 0.3) is 0 Å². The SMILES string of the molecule is Cc1cc(Cl)c2c(c1)C(N(Cc1nnc(C)o1)C1CC1)CCCO2. The van der Waals surface area contributed by atoms with Gasteiger partial charge in [0.1, 0.15) is 5.75 Å². The van der Waals surface area contributed by atoms with E-state index in [2.05, 4.69) is 28.1 Å². The molecule has 128 valence electrons. The van der Waals surface area contributed by atoms with Crippen LogP contribution in [0.1, 0.15) is 54.6 Å². The Kier molecular flexibility index (Phi) is 4.22. The molecule has 5 nitrogen and oxygen atoms in total. The Bertz CT molecular complexity index is 742. The number of rotatable bonds is 4. The number of benzene rings is 1. The molecule has 4 rings (SSSR count). The third-order valence-corrected chi connectivity index (χ3v) is 5.03. The molecular formula is C18H22ClN3O2. The van der Waals surface area contributed by atoms with Gasteiger partial charge in [0.05, 0.1) is 18.2 Å². The Morgan fingerprint density at radius 2 is 2.04 bits per heavy atom. The smallest absolute Gasteiger partial charge is 0.230 e. The van der Waals surface area contributed by atoms with E-state index in [0.29, 0.717) is 36.0 Å². The van der Waals surface area contributed by atoms with E-state index < -0.39 is 0 Å². The van der Waals surface area contributed by atoms with E-state index in [-0.39, 0.29) is 6.04 Å². The predicted molar refractivity (Wildman–Crippen MR) is 91.3 cm³/mol. The topological polar surface area (TPSA) is 51.4 Å². The lowest BCUT2D eigenvalue weighted by atomic mass is 9.98. The number of hydrogen-bond acceptors (Lipinski definition) is 5. The number of aryl methyl sites for hydroxylation is 2. The summed E-state index contributed by atoms with van der Waals surface area (Å²) >= 11 is 6.46. The largest absolute Gasteiger partial charge is 0.492 e. The van der Waals surface area contributed by atoms with Crippen molar-refractivity contribution in [2.75, 3.05) is 6.61 Å². The zero-order valence-electron chi connectivity index (χ0n) is 14.1. The van der Waals surface area contributed by atoms with Gasteiger partial charge in [-0.05, 0) is 44.2 Å². The van der Waals surface area contributed by atoms with Gasteiger partial charge in [0.15, 0.2) is 0 Å². The third kappa shape index (κ3) is 3.15. The lowest BCUT2D eigenvalue weighted by molar-refractivity contribution is 0.151. The van der Waals surface area contributed by atoms with Crippen molar-refractivity contribution in [2.24, 2.45) is 0 Å². The number of ether oxygens (including phenoxy) is 1. The molecular weight excluding hydrogens is 326 g/mol. The van der Waals surface area contributed by atoms with Crippen LogP contribution in [-0.4, -0.2) is 27.7 Å². The first-order chi connectivity index (χ1) is 11.6. The molecule has 0 bridgehead atoms. The number of hydrogen-bond donors (Lipinski definition) is 0. The molecule has 2 heterocycles. The maximum atomic E-state index is 6.46. The van der Waals surface area contributed by atoms with E-state index in [1.165, 1.54) is 24.0 Å². The molecule has 6 heteroatoms. The summed E-state index contributed by atoms with van der Waals surface area (Å²) in [5.41, 5.74) is 2.36. The standard InChI is InChI=1S/C18H22ClN3O2/c1-11-8-14-16(4-3-7-23-18(14)15(19)9-11)22(13-5-6-13)10-17-21-20-12(2)24-17/h8-9,13,16H,3-7,10H2,1-2H3. The molecule has 0 radical (unpaired) electrons. The quantitative estimate of drug-likeness (QED) is 0.828. The van der Waals surface area contributed by atoms with Gasteiger partial charge >= 0.3 is 0 Å². The molecule has 1 aromatic heterocycles. The van der Waals surface area contributed by atoms with Gasteiger partial charge in [-0.15, -0.1) is 10.2 Å². The second kappa shape index (κ2) is 6.37. The summed E-state index contributed by atoms with van der Waals surface area (Å²) in [5, 5.41) is 8.87. The second-order valence-corrected chi connectivity index (χ2v) is 7.20. The summed E-state index contributed by atoms with van der Waals surface area (Å²) in [6.45, 7) is 5.30. The molecule has 1 unspecified atom stereocenters. The summed E-state index contributed by atoms with van der Waals surface area (Å²) in [6, 6.07) is 5.05. The van der Waals surface area contributed by atoms with E-state index in [1.807, 2.05) is 13.0 Å². The lowest BCUT2D eigenvalue weighted by Gasteiger charge is -2.31. The first kappa shape index (κ1) is 15.9. The van der Waals surface area contributed by atoms with E-state index in [9.17, 15) is 0 Å². The van der Waals surface area contributed by atoms with Gasteiger partial charge in [-0.1, -0.05) is 17.7 Å². The van der Waals surface area contributed by atoms with Crippen molar-refractivity contribution in [1.82, 2.24) is 15.1 Å². The van der Waals surface area contributed by atoms with Crippen LogP contribution in [0.2, 0.25) is 5.02 Å². The number of aromatic nitrogens is 2. The highest BCUT2D eigenvalue weighted by molar-refractivity contribution is 6.32. The molecule has 1 aliphatic carbocycles. The van der Waals surface area contributed by atoms with Crippen LogP contribution in [0.25, 0.3) is 0 Å². The molecule has 24 heavy (non-hydrogen) atoms. The van der Waals surface area contributed by atoms with Crippen molar-refractivity contribution in [3.05, 3.63) is 40.1 Å². The molecule has 2 aromatic rings. The zero-order chi connectivity index (χ0) is 16.7. The molecule has 2 aliphatic rings. The highest BCUT2D eigenvalue weighted by Gasteiger charge is 2.37. The van der Waals surface area contributed by atoms with Crippen LogP contribution < -0.4 is 4.74 Å². The fourth-order valence-electron chi connectivity index (χ4n) is 3.56. The van der Waals surface area contributed by atoms with Crippen molar-refractivity contribution in [1.29, 1.82) is 0 Å². The van der Waals surface area contributed by atoms with E-state index in [0.717, 1.165) is 18.6 Å². The first-order valence-electron chi connectivity index (χ1n) is 8.59. The Morgan fingerprint density at radius 1 is 1.21 bits per heavy atom. The molecule has 0 N–H and O–H groups in total. The number of fused-ring (bicyclic) bond motifs is 1. The fourth-order valence-corrected chi connectivity index (χ4v) is 3.90. The number of nitrogens with zero attached hydrogens (tertiary/aromatic N) is 3. The first-order valence-corrected chi connectivity index (χ1v) is 8.97. The molecule has 0 saturated heterocycles. The molecule has 0 amide bonds. The van der Waals surface area contributed by atoms with Crippen LogP contribution in [0.15, 0.2) is 16.5 Å². The summed E-state index contributed by atoms with van der Waals surface area (Å²) < 4.78 is 11.6. The highest BCUT2D eigenvalue weighted by Crippen LogP contribution is 2.44. The van der Waals surface area contributed by atoms with Gasteiger partial charge in [-0.3, -0.25) is 4.90 Å². The van der Waals surface area contributed by atoms with Crippen LogP contribution in [0.5, 0.6) is 5.75 Å². The molecule has 1 fully saturated rings. The molecule has 1 aromatic carbocycles. The van der Waals surface area contributed by atoms with Gasteiger partial charge in [-0.25, -0.2) is 0 Å². The number of halogens is 1. The average molecular weight is 348 g/mol. The second-order valence-electron chi connectivity index (χ2n) is 6.79. The summed E-state index contributed by atoms with van der Waals surface area (Å²) in [5.74, 6) is 2.14. The molecule has 1 atom stereocenters. The summed E-state index contributed by atoms with van der Waals surface area (Å²) in [6.07, 6.45) is 4.51. The van der Waals surface area contributed by atoms with Crippen LogP contribution >= 0.6 is 11.6 Å². The zero-order valence-corrected chi connectivity index (χ0v) is 14.8. The molecule has 0 spiro atoms. The minimum atomic E-state index is 0.277. The summed E-state index contributed by atoms with van der Waals surface area (Å²) in [7, 11) is 0. The van der Waals surface area contributed by atoms with Gasteiger partial charge in [0.2, 0.25) is 11.8 Å². The molecule has 1 aliphatic heterocycles. The lowest BCUT2D eigenvalue weighted by Crippen LogP contribution is -2.30. The van der Waals surface area contributed by atoms with Crippen LogP contribution in [-0.2, 0) is 6.54 Å². The Morgan fingerprint density at radius 3 is 2.75 bits per heavy atom. The fraction of sp³-hybridized carbons (Fsp3) is 0.556. The Balaban J connectivity index is 1.70. The van der Waals surface area contributed by atoms with E-state index in [1.54, 1.807) is 0 Å². The monoisotopic (exact) mass is 347 g/mol. The van der Waals surface area contributed by atoms with Crippen LogP contribution in [0.3, 0.4) is 0 Å². The highest BCUT2D eigenvalue weighted by atomic mass is 35.5. The van der Waals surface area contributed by atoms with Crippen molar-refractivity contribution in [2.45, 2.75) is 58.2 Å².